The number of benzene rings is 2. The van der Waals surface area contributed by atoms with Crippen LogP contribution in [0.4, 0.5) is 14.5 Å². The fraction of sp³-hybridized carbons (Fsp3) is 0.111. The molecule has 0 fully saturated rings. The molecule has 0 spiro atoms. The summed E-state index contributed by atoms with van der Waals surface area (Å²) in [5, 5.41) is 7.45. The lowest BCUT2D eigenvalue weighted by Crippen LogP contribution is -2.14. The zero-order valence-electron chi connectivity index (χ0n) is 13.5. The van der Waals surface area contributed by atoms with Gasteiger partial charge in [0.05, 0.1) is 17.0 Å². The van der Waals surface area contributed by atoms with E-state index in [4.69, 9.17) is 11.6 Å². The molecule has 4 nitrogen and oxygen atoms in total. The van der Waals surface area contributed by atoms with Crippen LogP contribution in [0.15, 0.2) is 42.5 Å². The number of nitrogens with one attached hydrogen (secondary N) is 1. The van der Waals surface area contributed by atoms with Crippen LogP contribution < -0.4 is 5.32 Å². The van der Waals surface area contributed by atoms with Crippen molar-refractivity contribution in [3.8, 4) is 5.69 Å². The fourth-order valence-corrected chi connectivity index (χ4v) is 2.81. The Hall–Kier alpha value is -2.73. The molecule has 0 unspecified atom stereocenters. The third-order valence-corrected chi connectivity index (χ3v) is 3.97. The SMILES string of the molecule is Cc1nn(-c2ccc(F)cc2F)c(C)c1C(=O)Nc1cccc(Cl)c1. The van der Waals surface area contributed by atoms with Crippen molar-refractivity contribution >= 4 is 23.2 Å². The molecular weight excluding hydrogens is 348 g/mol. The highest BCUT2D eigenvalue weighted by atomic mass is 35.5. The van der Waals surface area contributed by atoms with Crippen LogP contribution in [0.2, 0.25) is 5.02 Å². The average molecular weight is 362 g/mol. The van der Waals surface area contributed by atoms with Gasteiger partial charge >= 0.3 is 0 Å². The van der Waals surface area contributed by atoms with E-state index in [0.717, 1.165) is 12.1 Å². The van der Waals surface area contributed by atoms with Gasteiger partial charge in [-0.3, -0.25) is 4.79 Å². The van der Waals surface area contributed by atoms with E-state index in [2.05, 4.69) is 10.4 Å². The minimum absolute atomic E-state index is 0.0730. The number of rotatable bonds is 3. The quantitative estimate of drug-likeness (QED) is 0.736. The summed E-state index contributed by atoms with van der Waals surface area (Å²) in [4.78, 5) is 12.6. The molecule has 0 aliphatic carbocycles. The summed E-state index contributed by atoms with van der Waals surface area (Å²) < 4.78 is 28.4. The largest absolute Gasteiger partial charge is 0.322 e. The zero-order valence-corrected chi connectivity index (χ0v) is 14.2. The molecule has 25 heavy (non-hydrogen) atoms. The van der Waals surface area contributed by atoms with Crippen molar-refractivity contribution in [1.29, 1.82) is 0 Å². The van der Waals surface area contributed by atoms with Crippen LogP contribution in [-0.2, 0) is 0 Å². The maximum atomic E-state index is 14.0. The van der Waals surface area contributed by atoms with Crippen molar-refractivity contribution in [2.45, 2.75) is 13.8 Å². The minimum atomic E-state index is -0.757. The molecule has 1 N–H and O–H groups in total. The summed E-state index contributed by atoms with van der Waals surface area (Å²) >= 11 is 5.91. The molecular formula is C18H14ClF2N3O. The van der Waals surface area contributed by atoms with Crippen LogP contribution in [-0.4, -0.2) is 15.7 Å². The first-order valence-electron chi connectivity index (χ1n) is 7.45. The second-order valence-electron chi connectivity index (χ2n) is 5.52. The first-order valence-corrected chi connectivity index (χ1v) is 7.83. The number of anilines is 1. The number of halogens is 3. The van der Waals surface area contributed by atoms with Crippen molar-refractivity contribution in [3.63, 3.8) is 0 Å². The first kappa shape index (κ1) is 17.1. The summed E-state index contributed by atoms with van der Waals surface area (Å²) in [6, 6.07) is 9.94. The van der Waals surface area contributed by atoms with Gasteiger partial charge in [0.2, 0.25) is 0 Å². The number of carbonyl (C=O) groups excluding carboxylic acids is 1. The fourth-order valence-electron chi connectivity index (χ4n) is 2.62. The van der Waals surface area contributed by atoms with Gasteiger partial charge in [-0.15, -0.1) is 0 Å². The van der Waals surface area contributed by atoms with Gasteiger partial charge in [0.1, 0.15) is 11.5 Å². The predicted molar refractivity (Wildman–Crippen MR) is 92.4 cm³/mol. The maximum Gasteiger partial charge on any atom is 0.259 e. The standard InChI is InChI=1S/C18H14ClF2N3O/c1-10-17(18(25)22-14-5-3-4-12(19)8-14)11(2)24(23-10)16-7-6-13(20)9-15(16)21/h3-9H,1-2H3,(H,22,25). The zero-order chi connectivity index (χ0) is 18.1. The van der Waals surface area contributed by atoms with Gasteiger partial charge in [-0.25, -0.2) is 13.5 Å². The monoisotopic (exact) mass is 361 g/mol. The highest BCUT2D eigenvalue weighted by Gasteiger charge is 2.21. The lowest BCUT2D eigenvalue weighted by molar-refractivity contribution is 0.102. The van der Waals surface area contributed by atoms with Crippen molar-refractivity contribution in [2.75, 3.05) is 5.32 Å². The molecule has 3 aromatic rings. The van der Waals surface area contributed by atoms with Crippen molar-refractivity contribution in [2.24, 2.45) is 0 Å². The molecule has 7 heteroatoms. The van der Waals surface area contributed by atoms with E-state index in [1.165, 1.54) is 10.7 Å². The van der Waals surface area contributed by atoms with Gasteiger partial charge in [-0.2, -0.15) is 5.10 Å². The summed E-state index contributed by atoms with van der Waals surface area (Å²) in [5.74, 6) is -1.82. The van der Waals surface area contributed by atoms with Crippen LogP contribution in [0.25, 0.3) is 5.69 Å². The molecule has 1 amide bonds. The van der Waals surface area contributed by atoms with E-state index >= 15 is 0 Å². The molecule has 0 radical (unpaired) electrons. The molecule has 128 valence electrons. The Kier molecular flexibility index (Phi) is 4.55. The van der Waals surface area contributed by atoms with Crippen LogP contribution >= 0.6 is 11.6 Å². The topological polar surface area (TPSA) is 46.9 Å². The van der Waals surface area contributed by atoms with E-state index in [1.807, 2.05) is 0 Å². The van der Waals surface area contributed by atoms with Crippen molar-refractivity contribution in [3.05, 3.63) is 76.1 Å². The number of aromatic nitrogens is 2. The summed E-state index contributed by atoms with van der Waals surface area (Å²) in [7, 11) is 0. The number of hydrogen-bond donors (Lipinski definition) is 1. The van der Waals surface area contributed by atoms with Crippen LogP contribution in [0.5, 0.6) is 0 Å². The Balaban J connectivity index is 1.98. The first-order chi connectivity index (χ1) is 11.9. The highest BCUT2D eigenvalue weighted by molar-refractivity contribution is 6.31. The minimum Gasteiger partial charge on any atom is -0.322 e. The Labute approximate surface area is 148 Å². The van der Waals surface area contributed by atoms with Gasteiger partial charge in [-0.05, 0) is 44.2 Å². The molecule has 0 saturated heterocycles. The maximum absolute atomic E-state index is 14.0. The summed E-state index contributed by atoms with van der Waals surface area (Å²) in [6.07, 6.45) is 0. The van der Waals surface area contributed by atoms with E-state index in [1.54, 1.807) is 38.1 Å². The molecule has 0 atom stereocenters. The molecule has 3 rings (SSSR count). The third-order valence-electron chi connectivity index (χ3n) is 3.74. The molecule has 0 aliphatic rings. The third kappa shape index (κ3) is 3.39. The molecule has 1 aromatic heterocycles. The number of hydrogen-bond acceptors (Lipinski definition) is 2. The summed E-state index contributed by atoms with van der Waals surface area (Å²) in [5.41, 5.74) is 1.81. The van der Waals surface area contributed by atoms with Gasteiger partial charge < -0.3 is 5.32 Å². The van der Waals surface area contributed by atoms with E-state index in [9.17, 15) is 13.6 Å². The molecule has 0 bridgehead atoms. The number of aryl methyl sites for hydroxylation is 1. The van der Waals surface area contributed by atoms with Gasteiger partial charge in [0.15, 0.2) is 5.82 Å². The Morgan fingerprint density at radius 2 is 1.92 bits per heavy atom. The molecule has 0 saturated carbocycles. The molecule has 0 aliphatic heterocycles. The molecule has 2 aromatic carbocycles. The highest BCUT2D eigenvalue weighted by Crippen LogP contribution is 2.22. The van der Waals surface area contributed by atoms with Crippen molar-refractivity contribution < 1.29 is 13.6 Å². The van der Waals surface area contributed by atoms with Crippen LogP contribution in [0, 0.1) is 25.5 Å². The lowest BCUT2D eigenvalue weighted by Gasteiger charge is -2.08. The second kappa shape index (κ2) is 6.64. The van der Waals surface area contributed by atoms with E-state index in [-0.39, 0.29) is 11.6 Å². The van der Waals surface area contributed by atoms with Gasteiger partial charge in [-0.1, -0.05) is 17.7 Å². The van der Waals surface area contributed by atoms with Gasteiger partial charge in [0, 0.05) is 16.8 Å². The van der Waals surface area contributed by atoms with Crippen LogP contribution in [0.3, 0.4) is 0 Å². The lowest BCUT2D eigenvalue weighted by atomic mass is 10.1. The van der Waals surface area contributed by atoms with Gasteiger partial charge in [0.25, 0.3) is 5.91 Å². The second-order valence-corrected chi connectivity index (χ2v) is 5.95. The van der Waals surface area contributed by atoms with Crippen molar-refractivity contribution in [1.82, 2.24) is 9.78 Å². The van der Waals surface area contributed by atoms with E-state index in [0.29, 0.717) is 27.7 Å². The average Bonchev–Trinajstić information content (AvgIpc) is 2.82. The Morgan fingerprint density at radius 3 is 2.60 bits per heavy atom. The molecule has 1 heterocycles. The predicted octanol–water partition coefficient (Wildman–Crippen LogP) is 4.67. The Bertz CT molecular complexity index is 969. The summed E-state index contributed by atoms with van der Waals surface area (Å²) in [6.45, 7) is 3.30. The Morgan fingerprint density at radius 1 is 1.16 bits per heavy atom. The smallest absolute Gasteiger partial charge is 0.259 e. The van der Waals surface area contributed by atoms with Crippen LogP contribution in [0.1, 0.15) is 21.7 Å². The van der Waals surface area contributed by atoms with E-state index < -0.39 is 11.6 Å². The normalized spacial score (nSPS) is 10.8. The number of amides is 1. The number of nitrogens with zero attached hydrogens (tertiary/aromatic N) is 2. The number of carbonyl (C=O) groups is 1.